The van der Waals surface area contributed by atoms with Crippen molar-refractivity contribution in [2.24, 2.45) is 0 Å². The van der Waals surface area contributed by atoms with E-state index in [1.165, 1.54) is 5.56 Å². The summed E-state index contributed by atoms with van der Waals surface area (Å²) < 4.78 is 5.59. The van der Waals surface area contributed by atoms with Gasteiger partial charge in [0.2, 0.25) is 17.6 Å². The average molecular weight is 473 g/mol. The highest BCUT2D eigenvalue weighted by Crippen LogP contribution is 2.25. The van der Waals surface area contributed by atoms with Crippen molar-refractivity contribution in [3.8, 4) is 17.5 Å². The van der Waals surface area contributed by atoms with Gasteiger partial charge in [0, 0.05) is 44.0 Å². The number of benzene rings is 2. The van der Waals surface area contributed by atoms with E-state index >= 15 is 0 Å². The summed E-state index contributed by atoms with van der Waals surface area (Å²) >= 11 is 0. The first kappa shape index (κ1) is 24.6. The summed E-state index contributed by atoms with van der Waals surface area (Å²) in [6.07, 6.45) is 0.299. The standard InChI is InChI=1S/C27H32N6O2/c1-20-10-12-23(13-11-20)25-29-26(35-30-25)21(2)31-16-18-32(19-17-31)22(3)27(34)33(15-7-14-28)24-8-5-4-6-9-24/h4-6,8-13,21-22H,7,15-19H2,1-3H3. The molecule has 2 unspecified atom stereocenters. The summed E-state index contributed by atoms with van der Waals surface area (Å²) in [5.74, 6) is 1.22. The van der Waals surface area contributed by atoms with Crippen molar-refractivity contribution >= 4 is 11.6 Å². The third-order valence-electron chi connectivity index (χ3n) is 6.69. The summed E-state index contributed by atoms with van der Waals surface area (Å²) in [5.41, 5.74) is 2.95. The summed E-state index contributed by atoms with van der Waals surface area (Å²) in [7, 11) is 0. The predicted octanol–water partition coefficient (Wildman–Crippen LogP) is 4.06. The van der Waals surface area contributed by atoms with Gasteiger partial charge in [-0.05, 0) is 32.9 Å². The Morgan fingerprint density at radius 3 is 2.37 bits per heavy atom. The van der Waals surface area contributed by atoms with Gasteiger partial charge in [-0.1, -0.05) is 53.2 Å². The lowest BCUT2D eigenvalue weighted by molar-refractivity contribution is -0.124. The quantitative estimate of drug-likeness (QED) is 0.488. The molecule has 0 bridgehead atoms. The first-order chi connectivity index (χ1) is 17.0. The Labute approximate surface area is 206 Å². The zero-order chi connectivity index (χ0) is 24.8. The minimum Gasteiger partial charge on any atom is -0.337 e. The minimum atomic E-state index is -0.275. The van der Waals surface area contributed by atoms with Gasteiger partial charge >= 0.3 is 0 Å². The molecule has 1 aliphatic rings. The fraction of sp³-hybridized carbons (Fsp3) is 0.407. The molecular weight excluding hydrogens is 440 g/mol. The molecular formula is C27H32N6O2. The molecule has 1 aromatic heterocycles. The Bertz CT molecular complexity index is 1150. The Hall–Kier alpha value is -3.54. The maximum atomic E-state index is 13.4. The molecule has 3 aromatic rings. The third kappa shape index (κ3) is 5.76. The van der Waals surface area contributed by atoms with E-state index in [2.05, 4.69) is 32.9 Å². The van der Waals surface area contributed by atoms with Crippen LogP contribution in [0.3, 0.4) is 0 Å². The van der Waals surface area contributed by atoms with Gasteiger partial charge in [-0.3, -0.25) is 14.6 Å². The number of para-hydroxylation sites is 1. The van der Waals surface area contributed by atoms with Crippen molar-refractivity contribution in [2.45, 2.75) is 39.3 Å². The van der Waals surface area contributed by atoms with Crippen LogP contribution in [-0.4, -0.2) is 64.6 Å². The molecule has 0 saturated carbocycles. The summed E-state index contributed by atoms with van der Waals surface area (Å²) in [4.78, 5) is 24.3. The second kappa shape index (κ2) is 11.3. The number of carbonyl (C=O) groups excluding carboxylic acids is 1. The second-order valence-corrected chi connectivity index (χ2v) is 8.98. The van der Waals surface area contributed by atoms with Gasteiger partial charge in [0.1, 0.15) is 0 Å². The van der Waals surface area contributed by atoms with Crippen molar-refractivity contribution in [3.63, 3.8) is 0 Å². The highest BCUT2D eigenvalue weighted by Gasteiger charge is 2.32. The van der Waals surface area contributed by atoms with Gasteiger partial charge in [-0.25, -0.2) is 0 Å². The van der Waals surface area contributed by atoms with Crippen LogP contribution in [0.15, 0.2) is 59.1 Å². The SMILES string of the molecule is Cc1ccc(-c2noc(C(C)N3CCN(C(C)C(=O)N(CCC#N)c4ccccc4)CC3)n2)cc1. The number of hydrogen-bond acceptors (Lipinski definition) is 7. The summed E-state index contributed by atoms with van der Waals surface area (Å²) in [6, 6.07) is 19.5. The number of piperazine rings is 1. The lowest BCUT2D eigenvalue weighted by atomic mass is 10.1. The number of hydrogen-bond donors (Lipinski definition) is 0. The number of nitriles is 1. The van der Waals surface area contributed by atoms with Crippen LogP contribution in [0.5, 0.6) is 0 Å². The molecule has 0 radical (unpaired) electrons. The van der Waals surface area contributed by atoms with E-state index in [1.807, 2.05) is 68.4 Å². The average Bonchev–Trinajstić information content (AvgIpc) is 3.39. The number of nitrogens with zero attached hydrogens (tertiary/aromatic N) is 6. The number of amides is 1. The summed E-state index contributed by atoms with van der Waals surface area (Å²) in [5, 5.41) is 13.2. The Morgan fingerprint density at radius 2 is 1.71 bits per heavy atom. The first-order valence-electron chi connectivity index (χ1n) is 12.1. The first-order valence-corrected chi connectivity index (χ1v) is 12.1. The van der Waals surface area contributed by atoms with Crippen LogP contribution in [0.1, 0.15) is 37.8 Å². The predicted molar refractivity (Wildman–Crippen MR) is 135 cm³/mol. The van der Waals surface area contributed by atoms with Crippen LogP contribution in [0.25, 0.3) is 11.4 Å². The van der Waals surface area contributed by atoms with Crippen molar-refractivity contribution in [3.05, 3.63) is 66.1 Å². The maximum absolute atomic E-state index is 13.4. The minimum absolute atomic E-state index is 0.00805. The zero-order valence-electron chi connectivity index (χ0n) is 20.6. The van der Waals surface area contributed by atoms with Gasteiger partial charge in [0.05, 0.1) is 24.6 Å². The number of aromatic nitrogens is 2. The molecule has 0 spiro atoms. The van der Waals surface area contributed by atoms with E-state index in [4.69, 9.17) is 9.78 Å². The lowest BCUT2D eigenvalue weighted by Crippen LogP contribution is -2.55. The highest BCUT2D eigenvalue weighted by atomic mass is 16.5. The van der Waals surface area contributed by atoms with Gasteiger partial charge < -0.3 is 9.42 Å². The van der Waals surface area contributed by atoms with E-state index in [0.717, 1.165) is 37.4 Å². The summed E-state index contributed by atoms with van der Waals surface area (Å²) in [6.45, 7) is 9.59. The van der Waals surface area contributed by atoms with Crippen molar-refractivity contribution in [2.75, 3.05) is 37.6 Å². The smallest absolute Gasteiger partial charge is 0.244 e. The van der Waals surface area contributed by atoms with Crippen LogP contribution in [-0.2, 0) is 4.79 Å². The molecule has 8 heteroatoms. The molecule has 4 rings (SSSR count). The van der Waals surface area contributed by atoms with Crippen molar-refractivity contribution < 1.29 is 9.32 Å². The van der Waals surface area contributed by atoms with E-state index in [0.29, 0.717) is 24.7 Å². The van der Waals surface area contributed by atoms with E-state index in [1.54, 1.807) is 4.90 Å². The van der Waals surface area contributed by atoms with Crippen LogP contribution < -0.4 is 4.90 Å². The molecule has 35 heavy (non-hydrogen) atoms. The topological polar surface area (TPSA) is 89.5 Å². The number of carbonyl (C=O) groups is 1. The molecule has 1 saturated heterocycles. The van der Waals surface area contributed by atoms with Crippen molar-refractivity contribution in [1.82, 2.24) is 19.9 Å². The van der Waals surface area contributed by atoms with Gasteiger partial charge in [-0.2, -0.15) is 10.2 Å². The Morgan fingerprint density at radius 1 is 1.06 bits per heavy atom. The third-order valence-corrected chi connectivity index (χ3v) is 6.69. The van der Waals surface area contributed by atoms with E-state index in [9.17, 15) is 4.79 Å². The van der Waals surface area contributed by atoms with Gasteiger partial charge in [-0.15, -0.1) is 0 Å². The number of aryl methyl sites for hydroxylation is 1. The molecule has 1 amide bonds. The van der Waals surface area contributed by atoms with E-state index < -0.39 is 0 Å². The lowest BCUT2D eigenvalue weighted by Gasteiger charge is -2.40. The van der Waals surface area contributed by atoms with Gasteiger partial charge in [0.25, 0.3) is 0 Å². The monoisotopic (exact) mass is 472 g/mol. The highest BCUT2D eigenvalue weighted by molar-refractivity contribution is 5.97. The molecule has 0 N–H and O–H groups in total. The van der Waals surface area contributed by atoms with Gasteiger partial charge in [0.15, 0.2) is 0 Å². The van der Waals surface area contributed by atoms with Crippen LogP contribution in [0, 0.1) is 18.3 Å². The molecule has 2 atom stereocenters. The molecule has 2 heterocycles. The normalized spacial score (nSPS) is 16.4. The fourth-order valence-corrected chi connectivity index (χ4v) is 4.41. The molecule has 8 nitrogen and oxygen atoms in total. The molecule has 2 aromatic carbocycles. The van der Waals surface area contributed by atoms with E-state index in [-0.39, 0.29) is 18.0 Å². The van der Waals surface area contributed by atoms with Crippen LogP contribution >= 0.6 is 0 Å². The molecule has 0 aliphatic carbocycles. The van der Waals surface area contributed by atoms with Crippen LogP contribution in [0.2, 0.25) is 0 Å². The second-order valence-electron chi connectivity index (χ2n) is 8.98. The largest absolute Gasteiger partial charge is 0.337 e. The molecule has 1 fully saturated rings. The number of rotatable bonds is 8. The number of anilines is 1. The van der Waals surface area contributed by atoms with Crippen molar-refractivity contribution in [1.29, 1.82) is 5.26 Å². The van der Waals surface area contributed by atoms with Crippen LogP contribution in [0.4, 0.5) is 5.69 Å². The Kier molecular flexibility index (Phi) is 7.91. The Balaban J connectivity index is 1.36. The molecule has 182 valence electrons. The molecule has 1 aliphatic heterocycles. The zero-order valence-corrected chi connectivity index (χ0v) is 20.6. The maximum Gasteiger partial charge on any atom is 0.244 e. The fourth-order valence-electron chi connectivity index (χ4n) is 4.41.